The number of rotatable bonds is 8. The maximum absolute atomic E-state index is 10.8. The van der Waals surface area contributed by atoms with E-state index in [2.05, 4.69) is 19.2 Å². The summed E-state index contributed by atoms with van der Waals surface area (Å²) in [5, 5.41) is 14.1. The average Bonchev–Trinajstić information content (AvgIpc) is 2.42. The van der Waals surface area contributed by atoms with Crippen molar-refractivity contribution in [3.8, 4) is 5.75 Å². The first kappa shape index (κ1) is 15.4. The number of nitro groups is 1. The van der Waals surface area contributed by atoms with Crippen LogP contribution in [0.3, 0.4) is 0 Å². The van der Waals surface area contributed by atoms with E-state index in [0.717, 1.165) is 12.0 Å². The fourth-order valence-corrected chi connectivity index (χ4v) is 1.91. The second-order valence-corrected chi connectivity index (χ2v) is 4.68. The Bertz CT molecular complexity index is 421. The molecule has 5 nitrogen and oxygen atoms in total. The number of methoxy groups -OCH3 is 1. The molecule has 0 radical (unpaired) electrons. The van der Waals surface area contributed by atoms with Gasteiger partial charge in [-0.3, -0.25) is 10.1 Å². The van der Waals surface area contributed by atoms with Crippen molar-refractivity contribution in [1.82, 2.24) is 5.32 Å². The van der Waals surface area contributed by atoms with Crippen LogP contribution in [0.1, 0.15) is 38.7 Å². The van der Waals surface area contributed by atoms with E-state index in [1.54, 1.807) is 19.2 Å². The average molecular weight is 266 g/mol. The molecule has 0 aliphatic carbocycles. The second-order valence-electron chi connectivity index (χ2n) is 4.68. The summed E-state index contributed by atoms with van der Waals surface area (Å²) >= 11 is 0. The molecular formula is C14H22N2O3. The predicted molar refractivity (Wildman–Crippen MR) is 75.5 cm³/mol. The molecule has 0 fully saturated rings. The van der Waals surface area contributed by atoms with Gasteiger partial charge in [0.2, 0.25) is 0 Å². The summed E-state index contributed by atoms with van der Waals surface area (Å²) in [4.78, 5) is 10.4. The van der Waals surface area contributed by atoms with Gasteiger partial charge in [-0.2, -0.15) is 0 Å². The topological polar surface area (TPSA) is 64.4 Å². The van der Waals surface area contributed by atoms with E-state index in [4.69, 9.17) is 4.74 Å². The third-order valence-corrected chi connectivity index (χ3v) is 3.11. The number of hydrogen-bond acceptors (Lipinski definition) is 4. The molecule has 0 spiro atoms. The predicted octanol–water partition coefficient (Wildman–Crippen LogP) is 3.27. The molecule has 1 unspecified atom stereocenters. The number of benzene rings is 1. The SMILES string of the molecule is CCCCC(C)NCc1cc([N+](=O)[O-])ccc1OC. The summed E-state index contributed by atoms with van der Waals surface area (Å²) in [5.41, 5.74) is 0.916. The zero-order valence-corrected chi connectivity index (χ0v) is 11.8. The normalized spacial score (nSPS) is 12.2. The van der Waals surface area contributed by atoms with E-state index in [1.165, 1.54) is 18.9 Å². The van der Waals surface area contributed by atoms with Gasteiger partial charge in [0.05, 0.1) is 12.0 Å². The van der Waals surface area contributed by atoms with E-state index in [9.17, 15) is 10.1 Å². The van der Waals surface area contributed by atoms with Crippen LogP contribution in [-0.4, -0.2) is 18.1 Å². The van der Waals surface area contributed by atoms with Crippen LogP contribution >= 0.6 is 0 Å². The summed E-state index contributed by atoms with van der Waals surface area (Å²) in [5.74, 6) is 0.681. The number of nitro benzene ring substituents is 1. The van der Waals surface area contributed by atoms with Crippen molar-refractivity contribution in [2.45, 2.75) is 45.7 Å². The van der Waals surface area contributed by atoms with Crippen LogP contribution in [0, 0.1) is 10.1 Å². The molecule has 5 heteroatoms. The van der Waals surface area contributed by atoms with Gasteiger partial charge < -0.3 is 10.1 Å². The zero-order valence-electron chi connectivity index (χ0n) is 11.8. The Labute approximate surface area is 114 Å². The lowest BCUT2D eigenvalue weighted by molar-refractivity contribution is -0.384. The molecule has 106 valence electrons. The van der Waals surface area contributed by atoms with Gasteiger partial charge in [0, 0.05) is 30.3 Å². The van der Waals surface area contributed by atoms with Gasteiger partial charge in [-0.1, -0.05) is 19.8 Å². The van der Waals surface area contributed by atoms with E-state index >= 15 is 0 Å². The Hall–Kier alpha value is -1.62. The van der Waals surface area contributed by atoms with E-state index in [1.807, 2.05) is 0 Å². The van der Waals surface area contributed by atoms with Gasteiger partial charge in [-0.05, 0) is 19.4 Å². The van der Waals surface area contributed by atoms with Gasteiger partial charge in [0.15, 0.2) is 0 Å². The summed E-state index contributed by atoms with van der Waals surface area (Å²) in [6, 6.07) is 5.07. The number of ether oxygens (including phenoxy) is 1. The molecule has 1 aromatic rings. The number of nitrogens with one attached hydrogen (secondary N) is 1. The van der Waals surface area contributed by atoms with E-state index < -0.39 is 0 Å². The molecule has 1 rings (SSSR count). The second kappa shape index (κ2) is 7.74. The lowest BCUT2D eigenvalue weighted by Crippen LogP contribution is -2.25. The lowest BCUT2D eigenvalue weighted by Gasteiger charge is -2.15. The van der Waals surface area contributed by atoms with Gasteiger partial charge in [-0.25, -0.2) is 0 Å². The summed E-state index contributed by atoms with van der Waals surface area (Å²) < 4.78 is 5.23. The highest BCUT2D eigenvalue weighted by molar-refractivity contribution is 5.43. The quantitative estimate of drug-likeness (QED) is 0.579. The minimum atomic E-state index is -0.385. The van der Waals surface area contributed by atoms with Crippen LogP contribution in [-0.2, 0) is 6.54 Å². The highest BCUT2D eigenvalue weighted by Crippen LogP contribution is 2.24. The molecule has 0 aliphatic heterocycles. The fraction of sp³-hybridized carbons (Fsp3) is 0.571. The van der Waals surface area contributed by atoms with Crippen molar-refractivity contribution < 1.29 is 9.66 Å². The number of unbranched alkanes of at least 4 members (excludes halogenated alkanes) is 1. The Balaban J connectivity index is 2.69. The standard InChI is InChI=1S/C14H22N2O3/c1-4-5-6-11(2)15-10-12-9-13(16(17)18)7-8-14(12)19-3/h7-9,11,15H,4-6,10H2,1-3H3. The lowest BCUT2D eigenvalue weighted by atomic mass is 10.1. The van der Waals surface area contributed by atoms with Gasteiger partial charge in [-0.15, -0.1) is 0 Å². The highest BCUT2D eigenvalue weighted by Gasteiger charge is 2.12. The molecule has 0 saturated heterocycles. The van der Waals surface area contributed by atoms with Crippen LogP contribution < -0.4 is 10.1 Å². The van der Waals surface area contributed by atoms with Crippen molar-refractivity contribution in [3.63, 3.8) is 0 Å². The Kier molecular flexibility index (Phi) is 6.29. The third kappa shape index (κ3) is 4.87. The number of non-ortho nitro benzene ring substituents is 1. The Morgan fingerprint density at radius 1 is 1.47 bits per heavy atom. The maximum Gasteiger partial charge on any atom is 0.270 e. The van der Waals surface area contributed by atoms with Crippen molar-refractivity contribution >= 4 is 5.69 Å². The monoisotopic (exact) mass is 266 g/mol. The smallest absolute Gasteiger partial charge is 0.270 e. The zero-order chi connectivity index (χ0) is 14.3. The molecule has 0 aliphatic rings. The first-order chi connectivity index (χ1) is 9.08. The molecule has 0 aromatic heterocycles. The summed E-state index contributed by atoms with van der Waals surface area (Å²) in [6.45, 7) is 4.87. The molecule has 19 heavy (non-hydrogen) atoms. The fourth-order valence-electron chi connectivity index (χ4n) is 1.91. The minimum absolute atomic E-state index is 0.0961. The van der Waals surface area contributed by atoms with E-state index in [0.29, 0.717) is 18.3 Å². The van der Waals surface area contributed by atoms with Crippen molar-refractivity contribution in [3.05, 3.63) is 33.9 Å². The number of nitrogens with zero attached hydrogens (tertiary/aromatic N) is 1. The summed E-state index contributed by atoms with van der Waals surface area (Å²) in [7, 11) is 1.57. The maximum atomic E-state index is 10.8. The largest absolute Gasteiger partial charge is 0.496 e. The Morgan fingerprint density at radius 2 is 2.21 bits per heavy atom. The third-order valence-electron chi connectivity index (χ3n) is 3.11. The first-order valence-corrected chi connectivity index (χ1v) is 6.63. The molecule has 1 aromatic carbocycles. The minimum Gasteiger partial charge on any atom is -0.496 e. The summed E-state index contributed by atoms with van der Waals surface area (Å²) in [6.07, 6.45) is 3.46. The molecule has 0 bridgehead atoms. The van der Waals surface area contributed by atoms with Crippen molar-refractivity contribution in [2.75, 3.05) is 7.11 Å². The molecule has 0 saturated carbocycles. The van der Waals surface area contributed by atoms with Crippen LogP contribution in [0.4, 0.5) is 5.69 Å². The molecule has 0 heterocycles. The number of hydrogen-bond donors (Lipinski definition) is 1. The van der Waals surface area contributed by atoms with Crippen LogP contribution in [0.5, 0.6) is 5.75 Å². The highest BCUT2D eigenvalue weighted by atomic mass is 16.6. The molecular weight excluding hydrogens is 244 g/mol. The van der Waals surface area contributed by atoms with Crippen molar-refractivity contribution in [1.29, 1.82) is 0 Å². The Morgan fingerprint density at radius 3 is 2.79 bits per heavy atom. The molecule has 1 atom stereocenters. The molecule has 1 N–H and O–H groups in total. The first-order valence-electron chi connectivity index (χ1n) is 6.63. The van der Waals surface area contributed by atoms with E-state index in [-0.39, 0.29) is 10.6 Å². The van der Waals surface area contributed by atoms with Gasteiger partial charge in [0.1, 0.15) is 5.75 Å². The van der Waals surface area contributed by atoms with Crippen LogP contribution in [0.15, 0.2) is 18.2 Å². The van der Waals surface area contributed by atoms with Gasteiger partial charge in [0.25, 0.3) is 5.69 Å². The van der Waals surface area contributed by atoms with Crippen molar-refractivity contribution in [2.24, 2.45) is 0 Å². The molecule has 0 amide bonds. The van der Waals surface area contributed by atoms with Crippen LogP contribution in [0.25, 0.3) is 0 Å². The van der Waals surface area contributed by atoms with Crippen LogP contribution in [0.2, 0.25) is 0 Å². The van der Waals surface area contributed by atoms with Gasteiger partial charge >= 0.3 is 0 Å².